The molecule has 9 heteroatoms. The quantitative estimate of drug-likeness (QED) is 0.488. The number of nitrogens with two attached hydrogens (primary N) is 1. The number of carboxylic acid groups (broad SMARTS) is 1. The SMILES string of the molecule is CCC(C)C(NC(N)=O)C(=O)N1CC(=O)NCC1C(=O)O. The summed E-state index contributed by atoms with van der Waals surface area (Å²) >= 11 is 0. The summed E-state index contributed by atoms with van der Waals surface area (Å²) in [5.41, 5.74) is 5.06. The molecule has 1 fully saturated rings. The highest BCUT2D eigenvalue weighted by Gasteiger charge is 2.39. The summed E-state index contributed by atoms with van der Waals surface area (Å²) < 4.78 is 0. The Morgan fingerprint density at radius 2 is 2.14 bits per heavy atom. The number of rotatable bonds is 5. The zero-order chi connectivity index (χ0) is 16.2. The van der Waals surface area contributed by atoms with Gasteiger partial charge in [0.05, 0.1) is 0 Å². The predicted molar refractivity (Wildman–Crippen MR) is 72.1 cm³/mol. The molecule has 9 nitrogen and oxygen atoms in total. The van der Waals surface area contributed by atoms with E-state index in [1.807, 2.05) is 6.92 Å². The standard InChI is InChI=1S/C12H20N4O5/c1-3-6(2)9(15-12(13)21)10(18)16-5-8(17)14-4-7(16)11(19)20/h6-7,9H,3-5H2,1-2H3,(H,14,17)(H,19,20)(H3,13,15,21). The highest BCUT2D eigenvalue weighted by atomic mass is 16.4. The van der Waals surface area contributed by atoms with Crippen molar-refractivity contribution in [3.8, 4) is 0 Å². The summed E-state index contributed by atoms with van der Waals surface area (Å²) in [4.78, 5) is 47.1. The largest absolute Gasteiger partial charge is 0.480 e. The van der Waals surface area contributed by atoms with Gasteiger partial charge in [-0.1, -0.05) is 20.3 Å². The second-order valence-electron chi connectivity index (χ2n) is 5.00. The molecule has 0 bridgehead atoms. The average molecular weight is 300 g/mol. The normalized spacial score (nSPS) is 21.1. The molecule has 3 atom stereocenters. The van der Waals surface area contributed by atoms with E-state index < -0.39 is 35.9 Å². The first-order valence-electron chi connectivity index (χ1n) is 6.63. The molecule has 3 unspecified atom stereocenters. The molecule has 0 saturated carbocycles. The Morgan fingerprint density at radius 3 is 2.62 bits per heavy atom. The smallest absolute Gasteiger partial charge is 0.328 e. The first-order chi connectivity index (χ1) is 9.77. The van der Waals surface area contributed by atoms with Gasteiger partial charge < -0.3 is 26.4 Å². The van der Waals surface area contributed by atoms with E-state index >= 15 is 0 Å². The fourth-order valence-corrected chi connectivity index (χ4v) is 2.11. The Kier molecular flexibility index (Phi) is 5.51. The molecular formula is C12H20N4O5. The van der Waals surface area contributed by atoms with Crippen LogP contribution in [0.2, 0.25) is 0 Å². The molecule has 0 aromatic heterocycles. The number of amides is 4. The van der Waals surface area contributed by atoms with Crippen molar-refractivity contribution in [2.24, 2.45) is 11.7 Å². The summed E-state index contributed by atoms with van der Waals surface area (Å²) in [5, 5.41) is 13.9. The monoisotopic (exact) mass is 300 g/mol. The van der Waals surface area contributed by atoms with Crippen molar-refractivity contribution in [1.29, 1.82) is 0 Å². The minimum Gasteiger partial charge on any atom is -0.480 e. The van der Waals surface area contributed by atoms with Crippen molar-refractivity contribution < 1.29 is 24.3 Å². The number of aliphatic carboxylic acids is 1. The van der Waals surface area contributed by atoms with Crippen LogP contribution in [-0.4, -0.2) is 59.0 Å². The molecule has 0 aromatic carbocycles. The molecule has 21 heavy (non-hydrogen) atoms. The lowest BCUT2D eigenvalue weighted by Crippen LogP contribution is -2.64. The molecule has 0 aliphatic carbocycles. The number of hydrogen-bond acceptors (Lipinski definition) is 4. The minimum atomic E-state index is -1.22. The number of nitrogens with zero attached hydrogens (tertiary/aromatic N) is 1. The molecule has 118 valence electrons. The van der Waals surface area contributed by atoms with E-state index in [1.54, 1.807) is 6.92 Å². The number of carboxylic acids is 1. The second-order valence-corrected chi connectivity index (χ2v) is 5.00. The number of nitrogens with one attached hydrogen (secondary N) is 2. The molecular weight excluding hydrogens is 280 g/mol. The topological polar surface area (TPSA) is 142 Å². The third kappa shape index (κ3) is 4.07. The molecule has 1 aliphatic rings. The van der Waals surface area contributed by atoms with Crippen LogP contribution in [0.4, 0.5) is 4.79 Å². The van der Waals surface area contributed by atoms with E-state index in [1.165, 1.54) is 0 Å². The van der Waals surface area contributed by atoms with Gasteiger partial charge in [-0.05, 0) is 5.92 Å². The van der Waals surface area contributed by atoms with E-state index in [2.05, 4.69) is 10.6 Å². The maximum Gasteiger partial charge on any atom is 0.328 e. The lowest BCUT2D eigenvalue weighted by molar-refractivity contribution is -0.155. The van der Waals surface area contributed by atoms with Gasteiger partial charge in [0.2, 0.25) is 11.8 Å². The zero-order valence-corrected chi connectivity index (χ0v) is 12.0. The highest BCUT2D eigenvalue weighted by Crippen LogP contribution is 2.14. The number of piperazine rings is 1. The van der Waals surface area contributed by atoms with Gasteiger partial charge in [0.25, 0.3) is 0 Å². The van der Waals surface area contributed by atoms with E-state index in [4.69, 9.17) is 10.8 Å². The van der Waals surface area contributed by atoms with Crippen LogP contribution in [-0.2, 0) is 14.4 Å². The maximum atomic E-state index is 12.5. The van der Waals surface area contributed by atoms with E-state index in [9.17, 15) is 19.2 Å². The van der Waals surface area contributed by atoms with Crippen LogP contribution in [0, 0.1) is 5.92 Å². The molecule has 0 radical (unpaired) electrons. The molecule has 0 aromatic rings. The third-order valence-corrected chi connectivity index (χ3v) is 3.53. The van der Waals surface area contributed by atoms with Gasteiger partial charge in [-0.15, -0.1) is 0 Å². The predicted octanol–water partition coefficient (Wildman–Crippen LogP) is -1.52. The van der Waals surface area contributed by atoms with Crippen molar-refractivity contribution >= 4 is 23.8 Å². The van der Waals surface area contributed by atoms with E-state index in [0.717, 1.165) is 4.90 Å². The Balaban J connectivity index is 3.00. The number of carbonyl (C=O) groups excluding carboxylic acids is 3. The molecule has 4 amide bonds. The van der Waals surface area contributed by atoms with Gasteiger partial charge in [-0.25, -0.2) is 9.59 Å². The first kappa shape index (κ1) is 16.7. The fraction of sp³-hybridized carbons (Fsp3) is 0.667. The van der Waals surface area contributed by atoms with Gasteiger partial charge in [-0.3, -0.25) is 9.59 Å². The Morgan fingerprint density at radius 1 is 1.52 bits per heavy atom. The third-order valence-electron chi connectivity index (χ3n) is 3.53. The summed E-state index contributed by atoms with van der Waals surface area (Å²) in [6, 6.07) is -2.99. The Labute approximate surface area is 121 Å². The lowest BCUT2D eigenvalue weighted by atomic mass is 9.97. The molecule has 0 spiro atoms. The maximum absolute atomic E-state index is 12.5. The molecule has 1 aliphatic heterocycles. The van der Waals surface area contributed by atoms with Gasteiger partial charge in [-0.2, -0.15) is 0 Å². The summed E-state index contributed by atoms with van der Waals surface area (Å²) in [6.07, 6.45) is 0.578. The van der Waals surface area contributed by atoms with Crippen molar-refractivity contribution in [3.63, 3.8) is 0 Å². The van der Waals surface area contributed by atoms with E-state index in [-0.39, 0.29) is 19.0 Å². The van der Waals surface area contributed by atoms with Gasteiger partial charge in [0.15, 0.2) is 0 Å². The molecule has 5 N–H and O–H groups in total. The fourth-order valence-electron chi connectivity index (χ4n) is 2.11. The minimum absolute atomic E-state index is 0.163. The van der Waals surface area contributed by atoms with Crippen molar-refractivity contribution in [2.75, 3.05) is 13.1 Å². The van der Waals surface area contributed by atoms with E-state index in [0.29, 0.717) is 6.42 Å². The van der Waals surface area contributed by atoms with Crippen LogP contribution in [0.15, 0.2) is 0 Å². The number of primary amides is 1. The highest BCUT2D eigenvalue weighted by molar-refractivity contribution is 5.94. The van der Waals surface area contributed by atoms with Crippen LogP contribution in [0.1, 0.15) is 20.3 Å². The summed E-state index contributed by atoms with van der Waals surface area (Å²) in [5.74, 6) is -2.53. The van der Waals surface area contributed by atoms with Gasteiger partial charge in [0, 0.05) is 6.54 Å². The van der Waals surface area contributed by atoms with Crippen LogP contribution >= 0.6 is 0 Å². The number of urea groups is 1. The van der Waals surface area contributed by atoms with Gasteiger partial charge in [0.1, 0.15) is 18.6 Å². The number of hydrogen-bond donors (Lipinski definition) is 4. The van der Waals surface area contributed by atoms with Crippen molar-refractivity contribution in [3.05, 3.63) is 0 Å². The van der Waals surface area contributed by atoms with Crippen LogP contribution < -0.4 is 16.4 Å². The molecule has 1 saturated heterocycles. The van der Waals surface area contributed by atoms with Crippen molar-refractivity contribution in [2.45, 2.75) is 32.4 Å². The first-order valence-corrected chi connectivity index (χ1v) is 6.63. The lowest BCUT2D eigenvalue weighted by Gasteiger charge is -2.36. The summed E-state index contributed by atoms with van der Waals surface area (Å²) in [7, 11) is 0. The van der Waals surface area contributed by atoms with Crippen LogP contribution in [0.5, 0.6) is 0 Å². The Hall–Kier alpha value is -2.32. The van der Waals surface area contributed by atoms with Crippen LogP contribution in [0.3, 0.4) is 0 Å². The van der Waals surface area contributed by atoms with Crippen LogP contribution in [0.25, 0.3) is 0 Å². The number of carbonyl (C=O) groups is 4. The molecule has 1 rings (SSSR count). The second kappa shape index (κ2) is 6.91. The average Bonchev–Trinajstić information content (AvgIpc) is 2.42. The zero-order valence-electron chi connectivity index (χ0n) is 12.0. The molecule has 1 heterocycles. The Bertz CT molecular complexity index is 453. The van der Waals surface area contributed by atoms with Gasteiger partial charge >= 0.3 is 12.0 Å². The summed E-state index contributed by atoms with van der Waals surface area (Å²) in [6.45, 7) is 3.04. The van der Waals surface area contributed by atoms with Crippen molar-refractivity contribution in [1.82, 2.24) is 15.5 Å².